The van der Waals surface area contributed by atoms with Gasteiger partial charge in [-0.2, -0.15) is 0 Å². The summed E-state index contributed by atoms with van der Waals surface area (Å²) in [5, 5.41) is 3.19. The molecule has 0 aliphatic carbocycles. The fourth-order valence-electron chi connectivity index (χ4n) is 2.69. The van der Waals surface area contributed by atoms with E-state index in [4.69, 9.17) is 0 Å². The fraction of sp³-hybridized carbons (Fsp3) is 0.400. The van der Waals surface area contributed by atoms with Gasteiger partial charge in [0.1, 0.15) is 0 Å². The highest BCUT2D eigenvalue weighted by Gasteiger charge is 2.11. The van der Waals surface area contributed by atoms with Gasteiger partial charge in [-0.05, 0) is 46.7 Å². The molecule has 21 heavy (non-hydrogen) atoms. The Morgan fingerprint density at radius 3 is 2.05 bits per heavy atom. The monoisotopic (exact) mass is 281 g/mol. The molecule has 0 bridgehead atoms. The molecule has 0 aromatic heterocycles. The van der Waals surface area contributed by atoms with Gasteiger partial charge in [0, 0.05) is 6.54 Å². The lowest BCUT2D eigenvalue weighted by molar-refractivity contribution is 0.818. The first kappa shape index (κ1) is 15.8. The first-order valence-electron chi connectivity index (χ1n) is 7.90. The third-order valence-corrected chi connectivity index (χ3v) is 4.01. The van der Waals surface area contributed by atoms with Gasteiger partial charge in [-0.1, -0.05) is 70.2 Å². The Kier molecular flexibility index (Phi) is 5.19. The van der Waals surface area contributed by atoms with Crippen LogP contribution in [0.5, 0.6) is 0 Å². The lowest BCUT2D eigenvalue weighted by Gasteiger charge is -2.17. The van der Waals surface area contributed by atoms with Crippen molar-refractivity contribution in [2.75, 3.05) is 7.05 Å². The van der Waals surface area contributed by atoms with Gasteiger partial charge >= 0.3 is 0 Å². The number of benzene rings is 2. The largest absolute Gasteiger partial charge is 0.316 e. The van der Waals surface area contributed by atoms with E-state index in [1.54, 1.807) is 0 Å². The van der Waals surface area contributed by atoms with E-state index in [0.717, 1.165) is 6.54 Å². The smallest absolute Gasteiger partial charge is 0.0202 e. The second-order valence-corrected chi connectivity index (χ2v) is 6.38. The molecular formula is C20H27N. The van der Waals surface area contributed by atoms with Crippen molar-refractivity contribution in [3.8, 4) is 11.1 Å². The molecule has 0 radical (unpaired) electrons. The van der Waals surface area contributed by atoms with E-state index in [-0.39, 0.29) is 0 Å². The molecule has 0 amide bonds. The Morgan fingerprint density at radius 1 is 0.857 bits per heavy atom. The molecular weight excluding hydrogens is 254 g/mol. The van der Waals surface area contributed by atoms with Crippen LogP contribution >= 0.6 is 0 Å². The van der Waals surface area contributed by atoms with Crippen molar-refractivity contribution in [2.45, 2.75) is 46.1 Å². The standard InChI is InChI=1S/C20H27N/c1-14(2)18-10-11-19(20(12-18)15(3)4)17-8-6-16(7-9-17)13-21-5/h6-12,14-15,21H,13H2,1-5H3. The van der Waals surface area contributed by atoms with E-state index in [1.807, 2.05) is 7.05 Å². The Labute approximate surface area is 129 Å². The predicted octanol–water partition coefficient (Wildman–Crippen LogP) is 5.32. The zero-order chi connectivity index (χ0) is 15.4. The highest BCUT2D eigenvalue weighted by atomic mass is 14.8. The number of rotatable bonds is 5. The van der Waals surface area contributed by atoms with Crippen molar-refractivity contribution in [3.05, 3.63) is 59.2 Å². The lowest BCUT2D eigenvalue weighted by Crippen LogP contribution is -2.04. The van der Waals surface area contributed by atoms with Crippen molar-refractivity contribution < 1.29 is 0 Å². The van der Waals surface area contributed by atoms with Crippen molar-refractivity contribution in [3.63, 3.8) is 0 Å². The summed E-state index contributed by atoms with van der Waals surface area (Å²) < 4.78 is 0. The maximum atomic E-state index is 3.19. The van der Waals surface area contributed by atoms with E-state index in [0.29, 0.717) is 11.8 Å². The molecule has 1 heteroatoms. The summed E-state index contributed by atoms with van der Waals surface area (Å²) in [5.74, 6) is 1.12. The zero-order valence-corrected chi connectivity index (χ0v) is 13.9. The van der Waals surface area contributed by atoms with Crippen LogP contribution in [-0.2, 0) is 6.54 Å². The first-order chi connectivity index (χ1) is 10.0. The van der Waals surface area contributed by atoms with Gasteiger partial charge in [0.05, 0.1) is 0 Å². The van der Waals surface area contributed by atoms with Crippen molar-refractivity contribution in [2.24, 2.45) is 0 Å². The minimum Gasteiger partial charge on any atom is -0.316 e. The Balaban J connectivity index is 2.42. The van der Waals surface area contributed by atoms with E-state index in [1.165, 1.54) is 27.8 Å². The maximum Gasteiger partial charge on any atom is 0.0202 e. The van der Waals surface area contributed by atoms with Crippen LogP contribution < -0.4 is 5.32 Å². The number of hydrogen-bond acceptors (Lipinski definition) is 1. The van der Waals surface area contributed by atoms with Crippen molar-refractivity contribution in [1.82, 2.24) is 5.32 Å². The van der Waals surface area contributed by atoms with Gasteiger partial charge in [-0.3, -0.25) is 0 Å². The molecule has 0 saturated heterocycles. The van der Waals surface area contributed by atoms with Crippen LogP contribution in [0.2, 0.25) is 0 Å². The highest BCUT2D eigenvalue weighted by Crippen LogP contribution is 2.32. The molecule has 0 fully saturated rings. The maximum absolute atomic E-state index is 3.19. The summed E-state index contributed by atoms with van der Waals surface area (Å²) in [6.07, 6.45) is 0. The molecule has 0 aliphatic rings. The second-order valence-electron chi connectivity index (χ2n) is 6.38. The average Bonchev–Trinajstić information content (AvgIpc) is 2.47. The quantitative estimate of drug-likeness (QED) is 0.782. The van der Waals surface area contributed by atoms with Crippen LogP contribution in [0, 0.1) is 0 Å². The summed E-state index contributed by atoms with van der Waals surface area (Å²) in [6.45, 7) is 9.98. The lowest BCUT2D eigenvalue weighted by atomic mass is 9.88. The minimum atomic E-state index is 0.538. The molecule has 2 aromatic rings. The SMILES string of the molecule is CNCc1ccc(-c2ccc(C(C)C)cc2C(C)C)cc1. The Morgan fingerprint density at radius 2 is 1.52 bits per heavy atom. The molecule has 112 valence electrons. The normalized spacial score (nSPS) is 11.4. The molecule has 0 saturated carbocycles. The fourth-order valence-corrected chi connectivity index (χ4v) is 2.69. The van der Waals surface area contributed by atoms with Crippen LogP contribution in [0.1, 0.15) is 56.2 Å². The van der Waals surface area contributed by atoms with Gasteiger partial charge in [0.2, 0.25) is 0 Å². The van der Waals surface area contributed by atoms with Crippen molar-refractivity contribution in [1.29, 1.82) is 0 Å². The molecule has 0 heterocycles. The summed E-state index contributed by atoms with van der Waals surface area (Å²) in [4.78, 5) is 0. The Hall–Kier alpha value is -1.60. The topological polar surface area (TPSA) is 12.0 Å². The zero-order valence-electron chi connectivity index (χ0n) is 13.9. The van der Waals surface area contributed by atoms with Crippen LogP contribution in [0.25, 0.3) is 11.1 Å². The van der Waals surface area contributed by atoms with Gasteiger partial charge in [-0.15, -0.1) is 0 Å². The van der Waals surface area contributed by atoms with Crippen LogP contribution in [0.15, 0.2) is 42.5 Å². The van der Waals surface area contributed by atoms with Gasteiger partial charge in [0.25, 0.3) is 0 Å². The summed E-state index contributed by atoms with van der Waals surface area (Å²) >= 11 is 0. The van der Waals surface area contributed by atoms with Crippen molar-refractivity contribution >= 4 is 0 Å². The summed E-state index contributed by atoms with van der Waals surface area (Å²) in [6, 6.07) is 15.8. The summed E-state index contributed by atoms with van der Waals surface area (Å²) in [5.41, 5.74) is 6.88. The van der Waals surface area contributed by atoms with E-state index < -0.39 is 0 Å². The molecule has 0 spiro atoms. The second kappa shape index (κ2) is 6.91. The highest BCUT2D eigenvalue weighted by molar-refractivity contribution is 5.69. The molecule has 0 unspecified atom stereocenters. The molecule has 0 aliphatic heterocycles. The van der Waals surface area contributed by atoms with Crippen LogP contribution in [-0.4, -0.2) is 7.05 Å². The van der Waals surface area contributed by atoms with Gasteiger partial charge in [0.15, 0.2) is 0 Å². The van der Waals surface area contributed by atoms with Crippen LogP contribution in [0.3, 0.4) is 0 Å². The average molecular weight is 281 g/mol. The van der Waals surface area contributed by atoms with E-state index in [9.17, 15) is 0 Å². The molecule has 0 atom stereocenters. The summed E-state index contributed by atoms with van der Waals surface area (Å²) in [7, 11) is 1.98. The van der Waals surface area contributed by atoms with Crippen LogP contribution in [0.4, 0.5) is 0 Å². The minimum absolute atomic E-state index is 0.538. The number of nitrogens with one attached hydrogen (secondary N) is 1. The molecule has 2 rings (SSSR count). The molecule has 1 nitrogen and oxygen atoms in total. The molecule has 2 aromatic carbocycles. The Bertz CT molecular complexity index is 579. The van der Waals surface area contributed by atoms with E-state index in [2.05, 4.69) is 75.5 Å². The first-order valence-corrected chi connectivity index (χ1v) is 7.90. The van der Waals surface area contributed by atoms with E-state index >= 15 is 0 Å². The number of hydrogen-bond donors (Lipinski definition) is 1. The molecule has 1 N–H and O–H groups in total. The van der Waals surface area contributed by atoms with Gasteiger partial charge < -0.3 is 5.32 Å². The van der Waals surface area contributed by atoms with Gasteiger partial charge in [-0.25, -0.2) is 0 Å². The third kappa shape index (κ3) is 3.74. The predicted molar refractivity (Wildman–Crippen MR) is 92.8 cm³/mol. The third-order valence-electron chi connectivity index (χ3n) is 4.01.